The van der Waals surface area contributed by atoms with E-state index in [1.165, 1.54) is 31.4 Å². The van der Waals surface area contributed by atoms with Crippen molar-refractivity contribution in [3.63, 3.8) is 0 Å². The van der Waals surface area contributed by atoms with Crippen molar-refractivity contribution in [3.8, 4) is 5.75 Å². The maximum absolute atomic E-state index is 12.4. The average molecular weight is 376 g/mol. The molecular formula is C17H23F3N2O4. The number of amides is 2. The third kappa shape index (κ3) is 7.62. The molecule has 1 aromatic rings. The van der Waals surface area contributed by atoms with Gasteiger partial charge in [-0.15, -0.1) is 13.2 Å². The molecule has 0 spiro atoms. The molecule has 0 saturated heterocycles. The second-order valence-electron chi connectivity index (χ2n) is 6.17. The van der Waals surface area contributed by atoms with Crippen LogP contribution in [-0.2, 0) is 9.53 Å². The van der Waals surface area contributed by atoms with Crippen molar-refractivity contribution >= 4 is 12.0 Å². The van der Waals surface area contributed by atoms with Crippen molar-refractivity contribution < 1.29 is 32.2 Å². The Morgan fingerprint density at radius 2 is 1.65 bits per heavy atom. The van der Waals surface area contributed by atoms with Gasteiger partial charge in [-0.05, 0) is 37.0 Å². The van der Waals surface area contributed by atoms with Crippen LogP contribution in [0.2, 0.25) is 0 Å². The normalized spacial score (nSPS) is 13.7. The van der Waals surface area contributed by atoms with E-state index in [1.807, 2.05) is 13.8 Å². The lowest BCUT2D eigenvalue weighted by Crippen LogP contribution is -2.47. The number of carbonyl (C=O) groups excluding carboxylic acids is 2. The van der Waals surface area contributed by atoms with Crippen molar-refractivity contribution in [1.82, 2.24) is 10.6 Å². The van der Waals surface area contributed by atoms with Crippen molar-refractivity contribution in [2.45, 2.75) is 45.6 Å². The maximum atomic E-state index is 12.4. The quantitative estimate of drug-likeness (QED) is 0.763. The zero-order valence-corrected chi connectivity index (χ0v) is 15.0. The molecule has 9 heteroatoms. The fourth-order valence-corrected chi connectivity index (χ4v) is 2.26. The van der Waals surface area contributed by atoms with Crippen molar-refractivity contribution in [2.24, 2.45) is 5.92 Å². The van der Waals surface area contributed by atoms with Gasteiger partial charge in [0.15, 0.2) is 0 Å². The molecule has 1 rings (SSSR count). The van der Waals surface area contributed by atoms with E-state index >= 15 is 0 Å². The first-order chi connectivity index (χ1) is 12.0. The van der Waals surface area contributed by atoms with Crippen LogP contribution in [0.25, 0.3) is 0 Å². The van der Waals surface area contributed by atoms with Gasteiger partial charge in [-0.25, -0.2) is 4.79 Å². The smallest absolute Gasteiger partial charge is 0.453 e. The highest BCUT2D eigenvalue weighted by Gasteiger charge is 2.31. The number of hydrogen-bond donors (Lipinski definition) is 2. The lowest BCUT2D eigenvalue weighted by atomic mass is 10.0. The lowest BCUT2D eigenvalue weighted by molar-refractivity contribution is -0.274. The van der Waals surface area contributed by atoms with E-state index in [0.717, 1.165) is 0 Å². The number of rotatable bonds is 7. The number of alkyl carbamates (subject to hydrolysis) is 1. The molecule has 0 radical (unpaired) electrons. The maximum Gasteiger partial charge on any atom is 0.573 e. The number of benzene rings is 1. The van der Waals surface area contributed by atoms with Crippen LogP contribution in [-0.4, -0.2) is 31.5 Å². The fraction of sp³-hybridized carbons (Fsp3) is 0.529. The first kappa shape index (κ1) is 21.6. The predicted molar refractivity (Wildman–Crippen MR) is 88.5 cm³/mol. The molecule has 0 aliphatic carbocycles. The number of methoxy groups -OCH3 is 1. The fourth-order valence-electron chi connectivity index (χ4n) is 2.26. The summed E-state index contributed by atoms with van der Waals surface area (Å²) in [4.78, 5) is 23.8. The Bertz CT molecular complexity index is 603. The van der Waals surface area contributed by atoms with Gasteiger partial charge in [0.2, 0.25) is 5.91 Å². The third-order valence-electron chi connectivity index (χ3n) is 3.47. The Morgan fingerprint density at radius 3 is 2.12 bits per heavy atom. The molecule has 2 atom stereocenters. The molecule has 1 aromatic carbocycles. The molecule has 26 heavy (non-hydrogen) atoms. The highest BCUT2D eigenvalue weighted by atomic mass is 19.4. The zero-order valence-electron chi connectivity index (χ0n) is 15.0. The Morgan fingerprint density at radius 1 is 1.08 bits per heavy atom. The van der Waals surface area contributed by atoms with Crippen molar-refractivity contribution in [2.75, 3.05) is 7.11 Å². The Balaban J connectivity index is 2.75. The van der Waals surface area contributed by atoms with E-state index in [-0.39, 0.29) is 11.7 Å². The minimum absolute atomic E-state index is 0.150. The Labute approximate surface area is 150 Å². The second kappa shape index (κ2) is 9.30. The van der Waals surface area contributed by atoms with Crippen LogP contribution in [0.3, 0.4) is 0 Å². The van der Waals surface area contributed by atoms with Crippen LogP contribution in [0.4, 0.5) is 18.0 Å². The van der Waals surface area contributed by atoms with E-state index in [1.54, 1.807) is 6.92 Å². The first-order valence-electron chi connectivity index (χ1n) is 8.02. The molecule has 0 bridgehead atoms. The van der Waals surface area contributed by atoms with E-state index < -0.39 is 30.4 Å². The van der Waals surface area contributed by atoms with Crippen LogP contribution >= 0.6 is 0 Å². The summed E-state index contributed by atoms with van der Waals surface area (Å²) in [5.74, 6) is -0.603. The molecule has 0 aliphatic heterocycles. The number of carbonyl (C=O) groups is 2. The summed E-state index contributed by atoms with van der Waals surface area (Å²) in [5, 5.41) is 5.20. The highest BCUT2D eigenvalue weighted by molar-refractivity contribution is 5.85. The molecule has 0 aliphatic rings. The van der Waals surface area contributed by atoms with Crippen LogP contribution in [0, 0.1) is 5.92 Å². The molecule has 0 fully saturated rings. The summed E-state index contributed by atoms with van der Waals surface area (Å²) in [5.41, 5.74) is 0.592. The minimum atomic E-state index is -4.76. The molecule has 0 saturated carbocycles. The van der Waals surface area contributed by atoms with E-state index in [0.29, 0.717) is 12.0 Å². The Hall–Kier alpha value is -2.45. The van der Waals surface area contributed by atoms with Crippen molar-refractivity contribution in [3.05, 3.63) is 29.8 Å². The van der Waals surface area contributed by atoms with Gasteiger partial charge in [-0.1, -0.05) is 26.0 Å². The zero-order chi connectivity index (χ0) is 19.9. The van der Waals surface area contributed by atoms with Gasteiger partial charge in [0, 0.05) is 0 Å². The molecule has 0 heterocycles. The van der Waals surface area contributed by atoms with Crippen molar-refractivity contribution in [1.29, 1.82) is 0 Å². The minimum Gasteiger partial charge on any atom is -0.453 e. The topological polar surface area (TPSA) is 76.7 Å². The molecule has 0 aromatic heterocycles. The second-order valence-corrected chi connectivity index (χ2v) is 6.17. The SMILES string of the molecule is COC(=O)NC(CC(C)C)C(=O)NC(C)c1ccc(OC(F)(F)F)cc1. The number of hydrogen-bond acceptors (Lipinski definition) is 4. The van der Waals surface area contributed by atoms with E-state index in [4.69, 9.17) is 0 Å². The molecule has 2 unspecified atom stereocenters. The average Bonchev–Trinajstić information content (AvgIpc) is 2.52. The largest absolute Gasteiger partial charge is 0.573 e. The first-order valence-corrected chi connectivity index (χ1v) is 8.02. The standard InChI is InChI=1S/C17H23F3N2O4/c1-10(2)9-14(22-16(24)25-4)15(23)21-11(3)12-5-7-13(8-6-12)26-17(18,19)20/h5-8,10-11,14H,9H2,1-4H3,(H,21,23)(H,22,24). The van der Waals surface area contributed by atoms with Gasteiger partial charge >= 0.3 is 12.5 Å². The van der Waals surface area contributed by atoms with Crippen LogP contribution in [0.5, 0.6) is 5.75 Å². The van der Waals surface area contributed by atoms with Crippen LogP contribution in [0.1, 0.15) is 38.8 Å². The van der Waals surface area contributed by atoms with Crippen LogP contribution in [0.15, 0.2) is 24.3 Å². The molecule has 6 nitrogen and oxygen atoms in total. The summed E-state index contributed by atoms with van der Waals surface area (Å²) in [6, 6.07) is 3.94. The van der Waals surface area contributed by atoms with Gasteiger partial charge in [0.1, 0.15) is 11.8 Å². The molecular weight excluding hydrogens is 353 g/mol. The summed E-state index contributed by atoms with van der Waals surface area (Å²) in [6.45, 7) is 5.49. The van der Waals surface area contributed by atoms with Gasteiger partial charge in [0.25, 0.3) is 0 Å². The molecule has 2 N–H and O–H groups in total. The Kier molecular flexibility index (Phi) is 7.73. The lowest BCUT2D eigenvalue weighted by Gasteiger charge is -2.22. The third-order valence-corrected chi connectivity index (χ3v) is 3.47. The molecule has 146 valence electrons. The van der Waals surface area contributed by atoms with Gasteiger partial charge < -0.3 is 20.1 Å². The summed E-state index contributed by atoms with van der Waals surface area (Å²) in [6.07, 6.45) is -5.07. The van der Waals surface area contributed by atoms with E-state index in [2.05, 4.69) is 20.1 Å². The highest BCUT2D eigenvalue weighted by Crippen LogP contribution is 2.24. The number of nitrogens with one attached hydrogen (secondary N) is 2. The van der Waals surface area contributed by atoms with Gasteiger partial charge in [-0.2, -0.15) is 0 Å². The van der Waals surface area contributed by atoms with Gasteiger partial charge in [-0.3, -0.25) is 4.79 Å². The van der Waals surface area contributed by atoms with Crippen LogP contribution < -0.4 is 15.4 Å². The number of alkyl halides is 3. The summed E-state index contributed by atoms with van der Waals surface area (Å²) in [7, 11) is 1.20. The van der Waals surface area contributed by atoms with E-state index in [9.17, 15) is 22.8 Å². The number of halogens is 3. The number of ether oxygens (including phenoxy) is 2. The molecule has 2 amide bonds. The monoisotopic (exact) mass is 376 g/mol. The predicted octanol–water partition coefficient (Wildman–Crippen LogP) is 3.53. The van der Waals surface area contributed by atoms with Gasteiger partial charge in [0.05, 0.1) is 13.2 Å². The summed E-state index contributed by atoms with van der Waals surface area (Å²) < 4.78 is 44.9. The summed E-state index contributed by atoms with van der Waals surface area (Å²) >= 11 is 0.